The van der Waals surface area contributed by atoms with Crippen LogP contribution in [0.2, 0.25) is 0 Å². The van der Waals surface area contributed by atoms with Crippen molar-refractivity contribution in [3.8, 4) is 5.75 Å². The first-order valence-electron chi connectivity index (χ1n) is 18.9. The number of aromatic carboxylic acids is 1. The van der Waals surface area contributed by atoms with Gasteiger partial charge in [-0.05, 0) is 62.6 Å². The standard InChI is InChI=1S/C39H61N5O6/c1-8-15-18-28(11-4)26-43(27-29(12-5)19-16-9-2)36-24-33(40-38(45)30(13-6)20-17-10-3)34(25-37(36)50-14-7)42-41-32-22-21-31(39(46)47)23-35(32)44(48)49/h21-25,28-30H,8-20,26-27H2,1-7H3,(H,40,45)(H,46,47). The number of nitro benzene ring substituents is 1. The Morgan fingerprint density at radius 1 is 0.840 bits per heavy atom. The molecule has 3 unspecified atom stereocenters. The number of nitro groups is 1. The van der Waals surface area contributed by atoms with Crippen molar-refractivity contribution in [2.75, 3.05) is 29.9 Å². The summed E-state index contributed by atoms with van der Waals surface area (Å²) in [5, 5.41) is 33.0. The number of carbonyl (C=O) groups is 2. The fraction of sp³-hybridized carbons (Fsp3) is 0.641. The highest BCUT2D eigenvalue weighted by Crippen LogP contribution is 2.42. The molecule has 0 saturated heterocycles. The first-order chi connectivity index (χ1) is 24.1. The third-order valence-corrected chi connectivity index (χ3v) is 9.47. The number of nitrogens with zero attached hydrogens (tertiary/aromatic N) is 4. The van der Waals surface area contributed by atoms with Gasteiger partial charge in [0.1, 0.15) is 11.4 Å². The van der Waals surface area contributed by atoms with Crippen molar-refractivity contribution in [1.29, 1.82) is 0 Å². The van der Waals surface area contributed by atoms with E-state index in [9.17, 15) is 24.8 Å². The zero-order chi connectivity index (χ0) is 37.1. The minimum atomic E-state index is -1.28. The molecule has 1 amide bonds. The summed E-state index contributed by atoms with van der Waals surface area (Å²) in [4.78, 5) is 38.8. The van der Waals surface area contributed by atoms with E-state index in [1.54, 1.807) is 6.07 Å². The van der Waals surface area contributed by atoms with E-state index in [2.05, 4.69) is 55.1 Å². The van der Waals surface area contributed by atoms with E-state index in [4.69, 9.17) is 4.74 Å². The van der Waals surface area contributed by atoms with Crippen LogP contribution in [-0.4, -0.2) is 41.6 Å². The maximum absolute atomic E-state index is 13.7. The number of rotatable bonds is 25. The molecular weight excluding hydrogens is 634 g/mol. The number of benzene rings is 2. The van der Waals surface area contributed by atoms with Crippen LogP contribution in [0.5, 0.6) is 5.75 Å². The van der Waals surface area contributed by atoms with Gasteiger partial charge in [0.05, 0.1) is 28.5 Å². The Kier molecular flexibility index (Phi) is 19.1. The average molecular weight is 696 g/mol. The van der Waals surface area contributed by atoms with E-state index in [-0.39, 0.29) is 23.1 Å². The van der Waals surface area contributed by atoms with Crippen LogP contribution >= 0.6 is 0 Å². The van der Waals surface area contributed by atoms with Gasteiger partial charge in [-0.3, -0.25) is 14.9 Å². The van der Waals surface area contributed by atoms with Crippen LogP contribution < -0.4 is 15.0 Å². The second kappa shape index (κ2) is 22.6. The predicted molar refractivity (Wildman–Crippen MR) is 203 cm³/mol. The molecule has 0 radical (unpaired) electrons. The normalized spacial score (nSPS) is 13.2. The molecule has 50 heavy (non-hydrogen) atoms. The SMILES string of the molecule is CCCCC(CC)CN(CC(CC)CCCC)c1cc(NC(=O)C(CC)CCCC)c(N=Nc2ccc(C(=O)O)cc2[N+](=O)[O-])cc1OCC. The molecule has 2 aromatic carbocycles. The zero-order valence-corrected chi connectivity index (χ0v) is 31.5. The number of azo groups is 1. The number of carbonyl (C=O) groups excluding carboxylic acids is 1. The van der Waals surface area contributed by atoms with Crippen molar-refractivity contribution in [3.05, 3.63) is 46.0 Å². The van der Waals surface area contributed by atoms with E-state index in [0.29, 0.717) is 42.0 Å². The Labute approximate surface area is 299 Å². The number of anilines is 2. The van der Waals surface area contributed by atoms with Gasteiger partial charge in [-0.1, -0.05) is 92.9 Å². The summed E-state index contributed by atoms with van der Waals surface area (Å²) in [6.07, 6.45) is 12.3. The fourth-order valence-corrected chi connectivity index (χ4v) is 6.19. The Balaban J connectivity index is 2.81. The summed E-state index contributed by atoms with van der Waals surface area (Å²) < 4.78 is 6.26. The molecule has 2 rings (SSSR count). The van der Waals surface area contributed by atoms with Crippen LogP contribution in [0.15, 0.2) is 40.6 Å². The molecule has 11 heteroatoms. The van der Waals surface area contributed by atoms with Gasteiger partial charge in [0.2, 0.25) is 5.91 Å². The van der Waals surface area contributed by atoms with Crippen LogP contribution in [0.1, 0.15) is 136 Å². The zero-order valence-electron chi connectivity index (χ0n) is 31.5. The highest BCUT2D eigenvalue weighted by Gasteiger charge is 2.25. The second-order valence-corrected chi connectivity index (χ2v) is 13.2. The van der Waals surface area contributed by atoms with E-state index in [0.717, 1.165) is 95.5 Å². The Morgan fingerprint density at radius 2 is 1.42 bits per heavy atom. The van der Waals surface area contributed by atoms with Gasteiger partial charge in [0.15, 0.2) is 5.69 Å². The Hall–Kier alpha value is -4.02. The number of nitrogens with one attached hydrogen (secondary N) is 1. The number of hydrogen-bond acceptors (Lipinski definition) is 8. The van der Waals surface area contributed by atoms with E-state index >= 15 is 0 Å². The molecular formula is C39H61N5O6. The monoisotopic (exact) mass is 695 g/mol. The summed E-state index contributed by atoms with van der Waals surface area (Å²) in [5.74, 6) is -0.00982. The number of carboxylic acids is 1. The van der Waals surface area contributed by atoms with Crippen molar-refractivity contribution in [2.45, 2.75) is 126 Å². The van der Waals surface area contributed by atoms with E-state index < -0.39 is 16.6 Å². The van der Waals surface area contributed by atoms with Crippen LogP contribution in [0.3, 0.4) is 0 Å². The second-order valence-electron chi connectivity index (χ2n) is 13.2. The van der Waals surface area contributed by atoms with Crippen molar-refractivity contribution in [3.63, 3.8) is 0 Å². The molecule has 2 N–H and O–H groups in total. The Morgan fingerprint density at radius 3 is 1.92 bits per heavy atom. The molecule has 2 aromatic rings. The topological polar surface area (TPSA) is 147 Å². The predicted octanol–water partition coefficient (Wildman–Crippen LogP) is 11.5. The minimum absolute atomic E-state index is 0.0984. The Bertz CT molecular complexity index is 1380. The summed E-state index contributed by atoms with van der Waals surface area (Å²) >= 11 is 0. The molecule has 0 bridgehead atoms. The molecule has 0 saturated carbocycles. The number of unbranched alkanes of at least 4 members (excludes halogenated alkanes) is 3. The summed E-state index contributed by atoms with van der Waals surface area (Å²) in [5.41, 5.74) is 0.822. The first kappa shape index (κ1) is 42.1. The van der Waals surface area contributed by atoms with Crippen molar-refractivity contribution in [2.24, 2.45) is 28.0 Å². The first-order valence-corrected chi connectivity index (χ1v) is 18.9. The van der Waals surface area contributed by atoms with Crippen LogP contribution in [-0.2, 0) is 4.79 Å². The van der Waals surface area contributed by atoms with Gasteiger partial charge >= 0.3 is 5.97 Å². The summed E-state index contributed by atoms with van der Waals surface area (Å²) in [7, 11) is 0. The van der Waals surface area contributed by atoms with E-state index in [1.807, 2.05) is 19.9 Å². The molecule has 0 fully saturated rings. The smallest absolute Gasteiger partial charge is 0.335 e. The third-order valence-electron chi connectivity index (χ3n) is 9.47. The van der Waals surface area contributed by atoms with Gasteiger partial charge < -0.3 is 20.1 Å². The van der Waals surface area contributed by atoms with Gasteiger partial charge in [0, 0.05) is 31.1 Å². The largest absolute Gasteiger partial charge is 0.492 e. The van der Waals surface area contributed by atoms with Crippen molar-refractivity contribution < 1.29 is 24.4 Å². The lowest BCUT2D eigenvalue weighted by atomic mass is 9.95. The number of carboxylic acid groups (broad SMARTS) is 1. The van der Waals surface area contributed by atoms with E-state index in [1.165, 1.54) is 12.1 Å². The quantitative estimate of drug-likeness (QED) is 0.0596. The van der Waals surface area contributed by atoms with Gasteiger partial charge in [-0.15, -0.1) is 10.2 Å². The van der Waals surface area contributed by atoms with Gasteiger partial charge in [0.25, 0.3) is 5.69 Å². The molecule has 0 aliphatic rings. The molecule has 0 aliphatic carbocycles. The molecule has 0 aliphatic heterocycles. The number of amides is 1. The lowest BCUT2D eigenvalue weighted by Gasteiger charge is -2.34. The van der Waals surface area contributed by atoms with Crippen LogP contribution in [0, 0.1) is 27.9 Å². The summed E-state index contributed by atoms with van der Waals surface area (Å²) in [6, 6.07) is 7.18. The molecule has 0 spiro atoms. The lowest BCUT2D eigenvalue weighted by Crippen LogP contribution is -2.34. The van der Waals surface area contributed by atoms with Gasteiger partial charge in [-0.2, -0.15) is 0 Å². The lowest BCUT2D eigenvalue weighted by molar-refractivity contribution is -0.384. The number of hydrogen-bond donors (Lipinski definition) is 2. The maximum atomic E-state index is 13.7. The average Bonchev–Trinajstić information content (AvgIpc) is 3.11. The van der Waals surface area contributed by atoms with Crippen molar-refractivity contribution >= 4 is 40.3 Å². The highest BCUT2D eigenvalue weighted by molar-refractivity contribution is 5.96. The molecule has 278 valence electrons. The minimum Gasteiger partial charge on any atom is -0.492 e. The maximum Gasteiger partial charge on any atom is 0.335 e. The van der Waals surface area contributed by atoms with Crippen LogP contribution in [0.25, 0.3) is 0 Å². The summed E-state index contributed by atoms with van der Waals surface area (Å²) in [6.45, 7) is 17.1. The third kappa shape index (κ3) is 13.0. The molecule has 0 heterocycles. The van der Waals surface area contributed by atoms with Crippen molar-refractivity contribution in [1.82, 2.24) is 0 Å². The molecule has 0 aromatic heterocycles. The number of ether oxygens (including phenoxy) is 1. The molecule has 3 atom stereocenters. The fourth-order valence-electron chi connectivity index (χ4n) is 6.19. The molecule has 11 nitrogen and oxygen atoms in total. The van der Waals surface area contributed by atoms with Gasteiger partial charge in [-0.25, -0.2) is 4.79 Å². The highest BCUT2D eigenvalue weighted by atomic mass is 16.6. The van der Waals surface area contributed by atoms with Crippen LogP contribution in [0.4, 0.5) is 28.4 Å².